The van der Waals surface area contributed by atoms with E-state index in [1.807, 2.05) is 19.1 Å². The Hall–Kier alpha value is -3.53. The molecule has 0 aromatic heterocycles. The summed E-state index contributed by atoms with van der Waals surface area (Å²) in [5, 5.41) is 44.8. The number of ketones is 2. The normalized spacial score (nSPS) is 30.2. The molecule has 2 aromatic rings. The molecule has 206 valence electrons. The van der Waals surface area contributed by atoms with Crippen molar-refractivity contribution in [3.63, 3.8) is 0 Å². The molecule has 1 amide bonds. The Morgan fingerprint density at radius 3 is 2.36 bits per heavy atom. The zero-order valence-electron chi connectivity index (χ0n) is 22.2. The smallest absolute Gasteiger partial charge is 0.230 e. The van der Waals surface area contributed by atoms with E-state index >= 15 is 0 Å². The van der Waals surface area contributed by atoms with Crippen LogP contribution in [-0.2, 0) is 28.9 Å². The molecule has 3 aliphatic carbocycles. The van der Waals surface area contributed by atoms with Crippen LogP contribution in [0.2, 0.25) is 0 Å². The first-order chi connectivity index (χ1) is 18.4. The molecule has 1 saturated carbocycles. The zero-order chi connectivity index (χ0) is 28.4. The van der Waals surface area contributed by atoms with Crippen LogP contribution in [0.5, 0.6) is 5.75 Å². The fourth-order valence-corrected chi connectivity index (χ4v) is 6.94. The molecule has 0 spiro atoms. The molecule has 2 aromatic carbocycles. The average molecular weight is 535 g/mol. The van der Waals surface area contributed by atoms with Crippen LogP contribution in [0.4, 0.5) is 0 Å². The summed E-state index contributed by atoms with van der Waals surface area (Å²) in [7, 11) is 3.28. The predicted molar refractivity (Wildman–Crippen MR) is 142 cm³/mol. The number of rotatable bonds is 5. The summed E-state index contributed by atoms with van der Waals surface area (Å²) in [5.74, 6) is -7.29. The molecule has 3 aliphatic rings. The highest BCUT2D eigenvalue weighted by Gasteiger charge is 2.66. The summed E-state index contributed by atoms with van der Waals surface area (Å²) in [6, 6.07) is 10.6. The minimum atomic E-state index is -2.58. The SMILES string of the molecule is Cc1ccc(CCc2ccc(O)c3c2CC2CC4[C@H](N(C)C)C(O)C(C(N)=O)C(=O)[C@@]4(O)C(O)=C2C3=O)cc1. The van der Waals surface area contributed by atoms with E-state index in [0.29, 0.717) is 18.4 Å². The lowest BCUT2D eigenvalue weighted by molar-refractivity contribution is -0.178. The van der Waals surface area contributed by atoms with Crippen molar-refractivity contribution in [1.82, 2.24) is 4.90 Å². The van der Waals surface area contributed by atoms with Crippen molar-refractivity contribution in [2.24, 2.45) is 23.5 Å². The number of aromatic hydroxyl groups is 1. The Morgan fingerprint density at radius 1 is 1.08 bits per heavy atom. The van der Waals surface area contributed by atoms with E-state index in [-0.39, 0.29) is 23.3 Å². The second kappa shape index (κ2) is 9.59. The summed E-state index contributed by atoms with van der Waals surface area (Å²) in [6.45, 7) is 2.02. The lowest BCUT2D eigenvalue weighted by Crippen LogP contribution is -2.71. The fraction of sp³-hybridized carbons (Fsp3) is 0.433. The summed E-state index contributed by atoms with van der Waals surface area (Å²) in [4.78, 5) is 41.0. The third kappa shape index (κ3) is 4.07. The van der Waals surface area contributed by atoms with Gasteiger partial charge in [0.05, 0.1) is 11.7 Å². The topological polar surface area (TPSA) is 161 Å². The van der Waals surface area contributed by atoms with Gasteiger partial charge < -0.3 is 31.1 Å². The quantitative estimate of drug-likeness (QED) is 0.360. The number of aliphatic hydroxyl groups excluding tert-OH is 2. The van der Waals surface area contributed by atoms with Crippen molar-refractivity contribution < 1.29 is 34.8 Å². The van der Waals surface area contributed by atoms with Gasteiger partial charge in [-0.2, -0.15) is 0 Å². The highest BCUT2D eigenvalue weighted by molar-refractivity contribution is 6.15. The number of aryl methyl sites for hydroxylation is 3. The standard InChI is InChI=1S/C30H34N2O7/c1-14-4-6-15(7-5-14)8-9-16-10-11-20(33)22-18(16)12-17-13-19-24(32(2)3)26(35)23(29(31)38)28(37)30(19,39)27(36)21(17)25(22)34/h4-7,10-11,17,19,23-24,26,33,35-36,39H,8-9,12-13H2,1-3H3,(H2,31,38)/t17?,19?,23?,24-,26?,30-/m0/s1. The minimum absolute atomic E-state index is 0.0511. The largest absolute Gasteiger partial charge is 0.508 e. The first-order valence-corrected chi connectivity index (χ1v) is 13.2. The maximum absolute atomic E-state index is 13.8. The summed E-state index contributed by atoms with van der Waals surface area (Å²) >= 11 is 0. The van der Waals surface area contributed by atoms with Crippen LogP contribution in [0, 0.1) is 24.7 Å². The first-order valence-electron chi connectivity index (χ1n) is 13.2. The van der Waals surface area contributed by atoms with Crippen molar-refractivity contribution in [2.75, 3.05) is 14.1 Å². The van der Waals surface area contributed by atoms with Crippen LogP contribution in [-0.4, -0.2) is 74.6 Å². The monoisotopic (exact) mass is 534 g/mol. The maximum atomic E-state index is 13.8. The number of hydrogen-bond donors (Lipinski definition) is 5. The van der Waals surface area contributed by atoms with Gasteiger partial charge in [0.25, 0.3) is 0 Å². The molecule has 9 heteroatoms. The first kappa shape index (κ1) is 27.1. The van der Waals surface area contributed by atoms with Crippen molar-refractivity contribution in [1.29, 1.82) is 0 Å². The number of Topliss-reactive ketones (excluding diaryl/α,β-unsaturated/α-hetero) is 2. The van der Waals surface area contributed by atoms with E-state index in [1.54, 1.807) is 25.1 Å². The van der Waals surface area contributed by atoms with E-state index in [1.165, 1.54) is 6.07 Å². The number of fused-ring (bicyclic) bond motifs is 3. The number of amides is 1. The molecule has 0 radical (unpaired) electrons. The van der Waals surface area contributed by atoms with Gasteiger partial charge in [0.1, 0.15) is 17.4 Å². The zero-order valence-corrected chi connectivity index (χ0v) is 22.2. The van der Waals surface area contributed by atoms with Crippen LogP contribution < -0.4 is 5.73 Å². The van der Waals surface area contributed by atoms with Crippen LogP contribution >= 0.6 is 0 Å². The van der Waals surface area contributed by atoms with Crippen molar-refractivity contribution in [3.8, 4) is 5.75 Å². The van der Waals surface area contributed by atoms with E-state index in [0.717, 1.165) is 23.1 Å². The lowest BCUT2D eigenvalue weighted by Gasteiger charge is -2.53. The molecule has 1 fully saturated rings. The highest BCUT2D eigenvalue weighted by Crippen LogP contribution is 2.52. The molecule has 39 heavy (non-hydrogen) atoms. The number of primary amides is 1. The van der Waals surface area contributed by atoms with Gasteiger partial charge in [-0.15, -0.1) is 0 Å². The third-order valence-electron chi connectivity index (χ3n) is 8.88. The van der Waals surface area contributed by atoms with Gasteiger partial charge in [-0.05, 0) is 75.4 Å². The molecule has 5 rings (SSSR count). The third-order valence-corrected chi connectivity index (χ3v) is 8.88. The Labute approximate surface area is 226 Å². The number of phenolic OH excluding ortho intramolecular Hbond substituents is 1. The Kier molecular flexibility index (Phi) is 6.65. The van der Waals surface area contributed by atoms with Gasteiger partial charge in [-0.3, -0.25) is 14.4 Å². The highest BCUT2D eigenvalue weighted by atomic mass is 16.3. The van der Waals surface area contributed by atoms with Gasteiger partial charge in [-0.1, -0.05) is 35.9 Å². The number of nitrogens with two attached hydrogens (primary N) is 1. The van der Waals surface area contributed by atoms with Gasteiger partial charge in [0.2, 0.25) is 5.91 Å². The lowest BCUT2D eigenvalue weighted by atomic mass is 9.56. The van der Waals surface area contributed by atoms with E-state index in [9.17, 15) is 34.8 Å². The number of nitrogens with zero attached hydrogens (tertiary/aromatic N) is 1. The number of carbonyl (C=O) groups excluding carboxylic acids is 3. The molecule has 4 unspecified atom stereocenters. The van der Waals surface area contributed by atoms with Crippen molar-refractivity contribution >= 4 is 17.5 Å². The number of aliphatic hydroxyl groups is 3. The summed E-state index contributed by atoms with van der Waals surface area (Å²) < 4.78 is 0. The second-order valence-corrected chi connectivity index (χ2v) is 11.4. The van der Waals surface area contributed by atoms with Gasteiger partial charge >= 0.3 is 0 Å². The molecular weight excluding hydrogens is 500 g/mol. The van der Waals surface area contributed by atoms with Gasteiger partial charge in [-0.25, -0.2) is 0 Å². The average Bonchev–Trinajstić information content (AvgIpc) is 2.86. The summed E-state index contributed by atoms with van der Waals surface area (Å²) in [5.41, 5.74) is 6.63. The van der Waals surface area contributed by atoms with Crippen LogP contribution in [0.25, 0.3) is 0 Å². The van der Waals surface area contributed by atoms with E-state index in [2.05, 4.69) is 12.1 Å². The van der Waals surface area contributed by atoms with Crippen molar-refractivity contribution in [3.05, 3.63) is 75.5 Å². The molecule has 0 bridgehead atoms. The molecule has 0 aliphatic heterocycles. The predicted octanol–water partition coefficient (Wildman–Crippen LogP) is 1.38. The molecule has 9 nitrogen and oxygen atoms in total. The number of hydrogen-bond acceptors (Lipinski definition) is 8. The summed E-state index contributed by atoms with van der Waals surface area (Å²) in [6.07, 6.45) is 0.261. The van der Waals surface area contributed by atoms with Crippen molar-refractivity contribution in [2.45, 2.75) is 50.4 Å². The fourth-order valence-electron chi connectivity index (χ4n) is 6.94. The van der Waals surface area contributed by atoms with Gasteiger partial charge in [0.15, 0.2) is 17.2 Å². The molecule has 0 saturated heterocycles. The Bertz CT molecular complexity index is 1400. The van der Waals surface area contributed by atoms with E-state index in [4.69, 9.17) is 5.73 Å². The van der Waals surface area contributed by atoms with E-state index < -0.39 is 58.7 Å². The second-order valence-electron chi connectivity index (χ2n) is 11.4. The molecule has 0 heterocycles. The minimum Gasteiger partial charge on any atom is -0.508 e. The number of phenols is 1. The number of carbonyl (C=O) groups is 3. The van der Waals surface area contributed by atoms with Gasteiger partial charge in [0, 0.05) is 17.5 Å². The Morgan fingerprint density at radius 2 is 1.74 bits per heavy atom. The number of allylic oxidation sites excluding steroid dienone is 1. The van der Waals surface area contributed by atoms with Crippen LogP contribution in [0.15, 0.2) is 47.7 Å². The maximum Gasteiger partial charge on any atom is 0.230 e. The Balaban J connectivity index is 1.59. The molecular formula is C30H34N2O7. The molecule has 6 N–H and O–H groups in total. The van der Waals surface area contributed by atoms with Crippen LogP contribution in [0.1, 0.15) is 39.0 Å². The van der Waals surface area contributed by atoms with Crippen LogP contribution in [0.3, 0.4) is 0 Å². The number of likely N-dealkylation sites (N-methyl/N-ethyl adjacent to an activating group) is 1. The molecule has 6 atom stereocenters. The number of benzene rings is 2.